The molecule has 1 saturated heterocycles. The molecule has 1 aliphatic rings. The van der Waals surface area contributed by atoms with E-state index in [0.717, 1.165) is 12.0 Å². The molecule has 0 aromatic heterocycles. The first-order valence-corrected chi connectivity index (χ1v) is 5.66. The van der Waals surface area contributed by atoms with Gasteiger partial charge in [0.05, 0.1) is 0 Å². The molecule has 0 spiro atoms. The van der Waals surface area contributed by atoms with Crippen molar-refractivity contribution in [3.63, 3.8) is 0 Å². The molecule has 1 fully saturated rings. The molecule has 78 valence electrons. The lowest BCUT2D eigenvalue weighted by Gasteiger charge is -2.22. The molecule has 1 N–H and O–H groups in total. The summed E-state index contributed by atoms with van der Waals surface area (Å²) in [4.78, 5) is 2.45. The van der Waals surface area contributed by atoms with Crippen LogP contribution in [0, 0.1) is 5.92 Å². The van der Waals surface area contributed by atoms with Crippen LogP contribution in [0.1, 0.15) is 33.1 Å². The van der Waals surface area contributed by atoms with Crippen LogP contribution in [0.5, 0.6) is 0 Å². The van der Waals surface area contributed by atoms with Crippen LogP contribution < -0.4 is 5.32 Å². The maximum absolute atomic E-state index is 3.65. The first kappa shape index (κ1) is 11.0. The third-order valence-electron chi connectivity index (χ3n) is 3.13. The fraction of sp³-hybridized carbons (Fsp3) is 1.00. The Hall–Kier alpha value is -0.0800. The maximum atomic E-state index is 3.65. The number of nitrogens with zero attached hydrogens (tertiary/aromatic N) is 1. The van der Waals surface area contributed by atoms with Crippen molar-refractivity contribution in [1.29, 1.82) is 0 Å². The molecular weight excluding hydrogens is 160 g/mol. The van der Waals surface area contributed by atoms with Crippen molar-refractivity contribution < 1.29 is 0 Å². The average Bonchev–Trinajstić information content (AvgIpc) is 2.28. The summed E-state index contributed by atoms with van der Waals surface area (Å²) in [6.45, 7) is 8.32. The molecule has 2 atom stereocenters. The van der Waals surface area contributed by atoms with Crippen LogP contribution in [0.3, 0.4) is 0 Å². The van der Waals surface area contributed by atoms with Crippen molar-refractivity contribution in [2.45, 2.75) is 39.2 Å². The highest BCUT2D eigenvalue weighted by Crippen LogP contribution is 2.16. The SMILES string of the molecule is CCCNC1CCN(C)CCC1C. The normalized spacial score (nSPS) is 31.6. The summed E-state index contributed by atoms with van der Waals surface area (Å²) in [5.41, 5.74) is 0. The van der Waals surface area contributed by atoms with Gasteiger partial charge in [0, 0.05) is 6.04 Å². The highest BCUT2D eigenvalue weighted by molar-refractivity contribution is 4.78. The molecule has 2 nitrogen and oxygen atoms in total. The van der Waals surface area contributed by atoms with Gasteiger partial charge in [-0.3, -0.25) is 0 Å². The topological polar surface area (TPSA) is 15.3 Å². The van der Waals surface area contributed by atoms with Crippen LogP contribution in [0.25, 0.3) is 0 Å². The van der Waals surface area contributed by atoms with Crippen LogP contribution >= 0.6 is 0 Å². The van der Waals surface area contributed by atoms with E-state index in [9.17, 15) is 0 Å². The molecule has 0 aliphatic carbocycles. The van der Waals surface area contributed by atoms with E-state index >= 15 is 0 Å². The lowest BCUT2D eigenvalue weighted by molar-refractivity contribution is 0.343. The molecule has 0 radical (unpaired) electrons. The Morgan fingerprint density at radius 3 is 2.69 bits per heavy atom. The van der Waals surface area contributed by atoms with Gasteiger partial charge in [-0.2, -0.15) is 0 Å². The van der Waals surface area contributed by atoms with Gasteiger partial charge in [0.2, 0.25) is 0 Å². The summed E-state index contributed by atoms with van der Waals surface area (Å²) in [5.74, 6) is 0.844. The van der Waals surface area contributed by atoms with E-state index < -0.39 is 0 Å². The number of hydrogen-bond acceptors (Lipinski definition) is 2. The summed E-state index contributed by atoms with van der Waals surface area (Å²) in [5, 5.41) is 3.65. The summed E-state index contributed by atoms with van der Waals surface area (Å²) in [7, 11) is 2.23. The fourth-order valence-corrected chi connectivity index (χ4v) is 2.01. The predicted molar refractivity (Wildman–Crippen MR) is 58.0 cm³/mol. The van der Waals surface area contributed by atoms with Gasteiger partial charge in [-0.25, -0.2) is 0 Å². The zero-order valence-electron chi connectivity index (χ0n) is 9.34. The van der Waals surface area contributed by atoms with Crippen LogP contribution in [-0.2, 0) is 0 Å². The molecule has 0 aromatic rings. The number of nitrogens with one attached hydrogen (secondary N) is 1. The summed E-state index contributed by atoms with van der Waals surface area (Å²) in [6, 6.07) is 0.755. The smallest absolute Gasteiger partial charge is 0.0105 e. The lowest BCUT2D eigenvalue weighted by atomic mass is 9.97. The standard InChI is InChI=1S/C11H24N2/c1-4-7-12-11-6-9-13(3)8-5-10(11)2/h10-12H,4-9H2,1-3H3. The molecule has 0 aromatic carbocycles. The van der Waals surface area contributed by atoms with Crippen molar-refractivity contribution >= 4 is 0 Å². The largest absolute Gasteiger partial charge is 0.314 e. The number of likely N-dealkylation sites (tertiary alicyclic amines) is 1. The van der Waals surface area contributed by atoms with Gasteiger partial charge in [0.1, 0.15) is 0 Å². The molecule has 1 aliphatic heterocycles. The van der Waals surface area contributed by atoms with Crippen LogP contribution in [0.4, 0.5) is 0 Å². The minimum Gasteiger partial charge on any atom is -0.314 e. The Morgan fingerprint density at radius 1 is 1.31 bits per heavy atom. The molecule has 2 unspecified atom stereocenters. The zero-order chi connectivity index (χ0) is 9.68. The van der Waals surface area contributed by atoms with E-state index in [4.69, 9.17) is 0 Å². The molecule has 0 amide bonds. The lowest BCUT2D eigenvalue weighted by Crippen LogP contribution is -2.35. The van der Waals surface area contributed by atoms with E-state index in [1.54, 1.807) is 0 Å². The average molecular weight is 184 g/mol. The Morgan fingerprint density at radius 2 is 2.00 bits per heavy atom. The monoisotopic (exact) mass is 184 g/mol. The van der Waals surface area contributed by atoms with Gasteiger partial charge in [-0.05, 0) is 51.9 Å². The second kappa shape index (κ2) is 5.61. The first-order chi connectivity index (χ1) is 6.24. The molecule has 1 rings (SSSR count). The highest BCUT2D eigenvalue weighted by Gasteiger charge is 2.20. The van der Waals surface area contributed by atoms with Crippen LogP contribution in [-0.4, -0.2) is 37.6 Å². The highest BCUT2D eigenvalue weighted by atomic mass is 15.1. The molecule has 1 heterocycles. The molecule has 13 heavy (non-hydrogen) atoms. The minimum atomic E-state index is 0.755. The van der Waals surface area contributed by atoms with Crippen molar-refractivity contribution in [1.82, 2.24) is 10.2 Å². The van der Waals surface area contributed by atoms with Crippen molar-refractivity contribution in [3.8, 4) is 0 Å². The molecular formula is C11H24N2. The van der Waals surface area contributed by atoms with E-state index in [2.05, 4.69) is 31.1 Å². The van der Waals surface area contributed by atoms with E-state index in [0.29, 0.717) is 0 Å². The van der Waals surface area contributed by atoms with E-state index in [1.807, 2.05) is 0 Å². The predicted octanol–water partition coefficient (Wildman–Crippen LogP) is 1.72. The second-order valence-corrected chi connectivity index (χ2v) is 4.42. The second-order valence-electron chi connectivity index (χ2n) is 4.42. The van der Waals surface area contributed by atoms with Gasteiger partial charge in [0.15, 0.2) is 0 Å². The first-order valence-electron chi connectivity index (χ1n) is 5.66. The van der Waals surface area contributed by atoms with Gasteiger partial charge in [0.25, 0.3) is 0 Å². The van der Waals surface area contributed by atoms with E-state index in [1.165, 1.54) is 38.9 Å². The van der Waals surface area contributed by atoms with Gasteiger partial charge in [-0.1, -0.05) is 13.8 Å². The summed E-state index contributed by atoms with van der Waals surface area (Å²) < 4.78 is 0. The number of hydrogen-bond donors (Lipinski definition) is 1. The van der Waals surface area contributed by atoms with E-state index in [-0.39, 0.29) is 0 Å². The quantitative estimate of drug-likeness (QED) is 0.718. The minimum absolute atomic E-state index is 0.755. The zero-order valence-corrected chi connectivity index (χ0v) is 9.34. The fourth-order valence-electron chi connectivity index (χ4n) is 2.01. The van der Waals surface area contributed by atoms with Gasteiger partial charge >= 0.3 is 0 Å². The molecule has 0 saturated carbocycles. The Bertz CT molecular complexity index is 136. The summed E-state index contributed by atoms with van der Waals surface area (Å²) >= 11 is 0. The Kier molecular flexibility index (Phi) is 4.74. The van der Waals surface area contributed by atoms with Crippen molar-refractivity contribution in [2.75, 3.05) is 26.7 Å². The molecule has 0 bridgehead atoms. The van der Waals surface area contributed by atoms with Crippen molar-refractivity contribution in [2.24, 2.45) is 5.92 Å². The van der Waals surface area contributed by atoms with Gasteiger partial charge in [-0.15, -0.1) is 0 Å². The van der Waals surface area contributed by atoms with Crippen LogP contribution in [0.15, 0.2) is 0 Å². The number of rotatable bonds is 3. The van der Waals surface area contributed by atoms with Gasteiger partial charge < -0.3 is 10.2 Å². The Balaban J connectivity index is 2.33. The maximum Gasteiger partial charge on any atom is 0.0105 e. The van der Waals surface area contributed by atoms with Crippen LogP contribution in [0.2, 0.25) is 0 Å². The van der Waals surface area contributed by atoms with Crippen molar-refractivity contribution in [3.05, 3.63) is 0 Å². The Labute approximate surface area is 82.7 Å². The third kappa shape index (κ3) is 3.65. The summed E-state index contributed by atoms with van der Waals surface area (Å²) in [6.07, 6.45) is 3.91. The third-order valence-corrected chi connectivity index (χ3v) is 3.13. The molecule has 2 heteroatoms.